The number of carbonyl (C=O) groups excluding carboxylic acids is 1. The Kier molecular flexibility index (Phi) is 5.55. The maximum Gasteiger partial charge on any atom is 0.253 e. The number of amides is 1. The molecule has 0 atom stereocenters. The molecular weight excluding hydrogens is 366 g/mol. The highest BCUT2D eigenvalue weighted by molar-refractivity contribution is 7.92. The van der Waals surface area contributed by atoms with Crippen molar-refractivity contribution in [1.82, 2.24) is 4.90 Å². The summed E-state index contributed by atoms with van der Waals surface area (Å²) in [6.07, 6.45) is 1.09. The summed E-state index contributed by atoms with van der Waals surface area (Å²) in [5, 5.41) is 0. The number of anilines is 2. The first kappa shape index (κ1) is 19.0. The Hall–Kier alpha value is -2.74. The van der Waals surface area contributed by atoms with Crippen molar-refractivity contribution in [3.63, 3.8) is 0 Å². The molecule has 7 nitrogen and oxygen atoms in total. The maximum atomic E-state index is 12.7. The molecule has 1 fully saturated rings. The largest absolute Gasteiger partial charge is 0.497 e. The van der Waals surface area contributed by atoms with Crippen LogP contribution in [0.2, 0.25) is 0 Å². The van der Waals surface area contributed by atoms with Gasteiger partial charge in [0.05, 0.1) is 13.4 Å². The molecule has 144 valence electrons. The van der Waals surface area contributed by atoms with Gasteiger partial charge in [0.15, 0.2) is 0 Å². The Morgan fingerprint density at radius 3 is 2.30 bits per heavy atom. The molecule has 0 aliphatic carbocycles. The zero-order valence-electron chi connectivity index (χ0n) is 15.4. The van der Waals surface area contributed by atoms with Crippen LogP contribution < -0.4 is 14.4 Å². The third-order valence-corrected chi connectivity index (χ3v) is 5.03. The van der Waals surface area contributed by atoms with Gasteiger partial charge in [0.2, 0.25) is 10.0 Å². The number of hydrogen-bond acceptors (Lipinski definition) is 5. The fraction of sp³-hybridized carbons (Fsp3) is 0.316. The highest BCUT2D eigenvalue weighted by atomic mass is 32.2. The van der Waals surface area contributed by atoms with E-state index >= 15 is 0 Å². The molecular formula is C19H23N3O4S. The molecule has 0 spiro atoms. The number of carbonyl (C=O) groups is 1. The van der Waals surface area contributed by atoms with E-state index in [1.807, 2.05) is 29.2 Å². The molecule has 0 unspecified atom stereocenters. The van der Waals surface area contributed by atoms with E-state index in [9.17, 15) is 13.2 Å². The number of benzene rings is 2. The summed E-state index contributed by atoms with van der Waals surface area (Å²) in [6.45, 7) is 2.73. The molecule has 3 rings (SSSR count). The van der Waals surface area contributed by atoms with Gasteiger partial charge in [-0.05, 0) is 36.4 Å². The highest BCUT2D eigenvalue weighted by Gasteiger charge is 2.22. The number of sulfonamides is 1. The first-order chi connectivity index (χ1) is 12.9. The van der Waals surface area contributed by atoms with Crippen molar-refractivity contribution in [2.75, 3.05) is 49.2 Å². The van der Waals surface area contributed by atoms with E-state index in [4.69, 9.17) is 4.74 Å². The molecule has 2 aromatic carbocycles. The molecule has 1 aliphatic heterocycles. The van der Waals surface area contributed by atoms with Gasteiger partial charge in [0, 0.05) is 49.2 Å². The lowest BCUT2D eigenvalue weighted by Gasteiger charge is -2.36. The molecule has 8 heteroatoms. The van der Waals surface area contributed by atoms with Crippen molar-refractivity contribution in [3.05, 3.63) is 54.1 Å². The lowest BCUT2D eigenvalue weighted by molar-refractivity contribution is 0.0747. The molecule has 2 aromatic rings. The molecule has 1 amide bonds. The summed E-state index contributed by atoms with van der Waals surface area (Å²) < 4.78 is 30.2. The van der Waals surface area contributed by atoms with Crippen LogP contribution >= 0.6 is 0 Å². The SMILES string of the molecule is COc1cccc(N2CCN(C(=O)c3ccc(NS(C)(=O)=O)cc3)CC2)c1. The van der Waals surface area contributed by atoms with E-state index in [0.717, 1.165) is 30.8 Å². The van der Waals surface area contributed by atoms with Crippen LogP contribution in [-0.4, -0.2) is 58.8 Å². The second-order valence-electron chi connectivity index (χ2n) is 6.43. The van der Waals surface area contributed by atoms with Gasteiger partial charge in [-0.15, -0.1) is 0 Å². The second kappa shape index (κ2) is 7.87. The Labute approximate surface area is 159 Å². The molecule has 1 saturated heterocycles. The van der Waals surface area contributed by atoms with Crippen LogP contribution in [0.5, 0.6) is 5.75 Å². The third kappa shape index (κ3) is 4.91. The number of nitrogens with one attached hydrogen (secondary N) is 1. The molecule has 0 radical (unpaired) electrons. The Morgan fingerprint density at radius 1 is 1.04 bits per heavy atom. The van der Waals surface area contributed by atoms with Crippen molar-refractivity contribution >= 4 is 27.3 Å². The molecule has 1 heterocycles. The van der Waals surface area contributed by atoms with E-state index < -0.39 is 10.0 Å². The molecule has 27 heavy (non-hydrogen) atoms. The minimum atomic E-state index is -3.33. The first-order valence-electron chi connectivity index (χ1n) is 8.62. The van der Waals surface area contributed by atoms with E-state index in [1.165, 1.54) is 0 Å². The molecule has 0 aromatic heterocycles. The van der Waals surface area contributed by atoms with E-state index in [2.05, 4.69) is 9.62 Å². The van der Waals surface area contributed by atoms with Crippen LogP contribution in [0.15, 0.2) is 48.5 Å². The normalized spacial score (nSPS) is 14.7. The summed E-state index contributed by atoms with van der Waals surface area (Å²) in [5.74, 6) is 0.764. The standard InChI is InChI=1S/C19H23N3O4S/c1-26-18-5-3-4-17(14-18)21-10-12-22(13-11-21)19(23)15-6-8-16(9-7-15)20-27(2,24)25/h3-9,14,20H,10-13H2,1-2H3. The van der Waals surface area contributed by atoms with E-state index in [-0.39, 0.29) is 5.91 Å². The zero-order valence-corrected chi connectivity index (χ0v) is 16.2. The summed E-state index contributed by atoms with van der Waals surface area (Å²) >= 11 is 0. The van der Waals surface area contributed by atoms with Gasteiger partial charge < -0.3 is 14.5 Å². The van der Waals surface area contributed by atoms with Gasteiger partial charge in [-0.2, -0.15) is 0 Å². The van der Waals surface area contributed by atoms with Gasteiger partial charge in [-0.1, -0.05) is 6.07 Å². The van der Waals surface area contributed by atoms with Crippen molar-refractivity contribution in [2.24, 2.45) is 0 Å². The van der Waals surface area contributed by atoms with Gasteiger partial charge in [-0.25, -0.2) is 8.42 Å². The first-order valence-corrected chi connectivity index (χ1v) is 10.5. The quantitative estimate of drug-likeness (QED) is 0.847. The topological polar surface area (TPSA) is 79.0 Å². The van der Waals surface area contributed by atoms with Crippen molar-refractivity contribution in [3.8, 4) is 5.75 Å². The lowest BCUT2D eigenvalue weighted by Crippen LogP contribution is -2.48. The number of nitrogens with zero attached hydrogens (tertiary/aromatic N) is 2. The van der Waals surface area contributed by atoms with E-state index in [1.54, 1.807) is 31.4 Å². The fourth-order valence-electron chi connectivity index (χ4n) is 3.05. The predicted octanol–water partition coefficient (Wildman–Crippen LogP) is 2.03. The number of piperazine rings is 1. The summed E-state index contributed by atoms with van der Waals surface area (Å²) in [7, 11) is -1.68. The van der Waals surface area contributed by atoms with Crippen LogP contribution in [0.3, 0.4) is 0 Å². The third-order valence-electron chi connectivity index (χ3n) is 4.42. The van der Waals surface area contributed by atoms with Gasteiger partial charge in [0.1, 0.15) is 5.75 Å². The molecule has 0 saturated carbocycles. The molecule has 1 aliphatic rings. The Morgan fingerprint density at radius 2 is 1.70 bits per heavy atom. The summed E-state index contributed by atoms with van der Waals surface area (Å²) in [4.78, 5) is 16.7. The molecule has 0 bridgehead atoms. The van der Waals surface area contributed by atoms with E-state index in [0.29, 0.717) is 24.3 Å². The van der Waals surface area contributed by atoms with Gasteiger partial charge in [0.25, 0.3) is 5.91 Å². The average molecular weight is 389 g/mol. The number of hydrogen-bond donors (Lipinski definition) is 1. The minimum absolute atomic E-state index is 0.0498. The summed E-state index contributed by atoms with van der Waals surface area (Å²) in [6, 6.07) is 14.4. The van der Waals surface area contributed by atoms with Crippen LogP contribution in [-0.2, 0) is 10.0 Å². The van der Waals surface area contributed by atoms with Crippen molar-refractivity contribution in [1.29, 1.82) is 0 Å². The highest BCUT2D eigenvalue weighted by Crippen LogP contribution is 2.22. The summed E-state index contributed by atoms with van der Waals surface area (Å²) in [5.41, 5.74) is 2.07. The minimum Gasteiger partial charge on any atom is -0.497 e. The van der Waals surface area contributed by atoms with Gasteiger partial charge >= 0.3 is 0 Å². The van der Waals surface area contributed by atoms with Crippen LogP contribution in [0.4, 0.5) is 11.4 Å². The number of rotatable bonds is 5. The van der Waals surface area contributed by atoms with Gasteiger partial charge in [-0.3, -0.25) is 9.52 Å². The average Bonchev–Trinajstić information content (AvgIpc) is 2.67. The Bertz CT molecular complexity index is 905. The zero-order chi connectivity index (χ0) is 19.4. The molecule has 1 N–H and O–H groups in total. The Balaban J connectivity index is 1.61. The predicted molar refractivity (Wildman–Crippen MR) is 106 cm³/mol. The fourth-order valence-corrected chi connectivity index (χ4v) is 3.62. The van der Waals surface area contributed by atoms with Crippen LogP contribution in [0.1, 0.15) is 10.4 Å². The van der Waals surface area contributed by atoms with Crippen molar-refractivity contribution < 1.29 is 17.9 Å². The second-order valence-corrected chi connectivity index (χ2v) is 8.18. The smallest absolute Gasteiger partial charge is 0.253 e. The van der Waals surface area contributed by atoms with Crippen LogP contribution in [0.25, 0.3) is 0 Å². The monoisotopic (exact) mass is 389 g/mol. The maximum absolute atomic E-state index is 12.7. The van der Waals surface area contributed by atoms with Crippen molar-refractivity contribution in [2.45, 2.75) is 0 Å². The lowest BCUT2D eigenvalue weighted by atomic mass is 10.1. The number of ether oxygens (including phenoxy) is 1. The van der Waals surface area contributed by atoms with Crippen LogP contribution in [0, 0.1) is 0 Å². The number of methoxy groups -OCH3 is 1.